The van der Waals surface area contributed by atoms with E-state index in [-0.39, 0.29) is 0 Å². The third kappa shape index (κ3) is 2.60. The van der Waals surface area contributed by atoms with E-state index >= 15 is 0 Å². The number of ether oxygens (including phenoxy) is 1. The highest BCUT2D eigenvalue weighted by atomic mass is 79.9. The zero-order chi connectivity index (χ0) is 11.6. The smallest absolute Gasteiger partial charge is 0.122 e. The molecule has 0 radical (unpaired) electrons. The van der Waals surface area contributed by atoms with Crippen LogP contribution in [0.2, 0.25) is 0 Å². The highest BCUT2D eigenvalue weighted by molar-refractivity contribution is 9.09. The SMILES string of the molecule is CC(C)c1ccccc1OCC1(CBr)CC1. The Kier molecular flexibility index (Phi) is 3.58. The van der Waals surface area contributed by atoms with Gasteiger partial charge in [-0.25, -0.2) is 0 Å². The Morgan fingerprint density at radius 2 is 2.00 bits per heavy atom. The van der Waals surface area contributed by atoms with Crippen LogP contribution in [-0.2, 0) is 0 Å². The first-order chi connectivity index (χ1) is 7.67. The van der Waals surface area contributed by atoms with E-state index in [4.69, 9.17) is 4.74 Å². The van der Waals surface area contributed by atoms with Crippen molar-refractivity contribution >= 4 is 15.9 Å². The van der Waals surface area contributed by atoms with Gasteiger partial charge < -0.3 is 4.74 Å². The standard InChI is InChI=1S/C14H19BrO/c1-11(2)12-5-3-4-6-13(12)16-10-14(9-15)7-8-14/h3-6,11H,7-10H2,1-2H3. The molecule has 16 heavy (non-hydrogen) atoms. The average molecular weight is 283 g/mol. The summed E-state index contributed by atoms with van der Waals surface area (Å²) < 4.78 is 5.99. The highest BCUT2D eigenvalue weighted by Gasteiger charge is 2.42. The van der Waals surface area contributed by atoms with E-state index in [9.17, 15) is 0 Å². The summed E-state index contributed by atoms with van der Waals surface area (Å²) in [6.45, 7) is 5.27. The number of rotatable bonds is 5. The number of hydrogen-bond donors (Lipinski definition) is 0. The molecule has 0 heterocycles. The predicted molar refractivity (Wildman–Crippen MR) is 71.5 cm³/mol. The van der Waals surface area contributed by atoms with Gasteiger partial charge in [0.2, 0.25) is 0 Å². The summed E-state index contributed by atoms with van der Waals surface area (Å²) in [7, 11) is 0. The lowest BCUT2D eigenvalue weighted by atomic mass is 10.0. The Balaban J connectivity index is 2.03. The van der Waals surface area contributed by atoms with Crippen molar-refractivity contribution in [1.82, 2.24) is 0 Å². The van der Waals surface area contributed by atoms with Gasteiger partial charge in [0, 0.05) is 10.7 Å². The minimum atomic E-state index is 0.421. The third-order valence-corrected chi connectivity index (χ3v) is 4.50. The number of hydrogen-bond acceptors (Lipinski definition) is 1. The van der Waals surface area contributed by atoms with E-state index < -0.39 is 0 Å². The molecule has 1 saturated carbocycles. The second-order valence-electron chi connectivity index (χ2n) is 5.11. The molecule has 0 saturated heterocycles. The van der Waals surface area contributed by atoms with Gasteiger partial charge in [-0.1, -0.05) is 48.0 Å². The van der Waals surface area contributed by atoms with Crippen LogP contribution < -0.4 is 4.74 Å². The van der Waals surface area contributed by atoms with Crippen molar-refractivity contribution in [3.63, 3.8) is 0 Å². The van der Waals surface area contributed by atoms with Gasteiger partial charge in [-0.05, 0) is 30.4 Å². The van der Waals surface area contributed by atoms with Gasteiger partial charge in [0.15, 0.2) is 0 Å². The fourth-order valence-corrected chi connectivity index (χ4v) is 2.54. The number of para-hydroxylation sites is 1. The summed E-state index contributed by atoms with van der Waals surface area (Å²) in [5.74, 6) is 1.58. The van der Waals surface area contributed by atoms with Crippen LogP contribution in [0.15, 0.2) is 24.3 Å². The van der Waals surface area contributed by atoms with Gasteiger partial charge >= 0.3 is 0 Å². The topological polar surface area (TPSA) is 9.23 Å². The second kappa shape index (κ2) is 4.79. The first kappa shape index (κ1) is 12.0. The van der Waals surface area contributed by atoms with Crippen LogP contribution in [0, 0.1) is 5.41 Å². The Morgan fingerprint density at radius 1 is 1.31 bits per heavy atom. The molecule has 0 bridgehead atoms. The summed E-state index contributed by atoms with van der Waals surface area (Å²) in [6.07, 6.45) is 2.59. The first-order valence-corrected chi connectivity index (χ1v) is 7.07. The summed E-state index contributed by atoms with van der Waals surface area (Å²) >= 11 is 3.57. The summed E-state index contributed by atoms with van der Waals surface area (Å²) in [5, 5.41) is 1.06. The second-order valence-corrected chi connectivity index (χ2v) is 5.68. The molecule has 1 aliphatic carbocycles. The third-order valence-electron chi connectivity index (χ3n) is 3.32. The maximum absolute atomic E-state index is 5.99. The van der Waals surface area contributed by atoms with Crippen molar-refractivity contribution in [2.75, 3.05) is 11.9 Å². The van der Waals surface area contributed by atoms with Crippen molar-refractivity contribution in [2.45, 2.75) is 32.6 Å². The Labute approximate surface area is 106 Å². The Morgan fingerprint density at radius 3 is 2.56 bits per heavy atom. The quantitative estimate of drug-likeness (QED) is 0.729. The maximum atomic E-state index is 5.99. The lowest BCUT2D eigenvalue weighted by Gasteiger charge is -2.17. The molecule has 1 aromatic carbocycles. The molecule has 1 aliphatic rings. The van der Waals surface area contributed by atoms with Crippen LogP contribution in [0.1, 0.15) is 38.2 Å². The molecule has 0 N–H and O–H groups in total. The van der Waals surface area contributed by atoms with Gasteiger partial charge in [-0.2, -0.15) is 0 Å². The van der Waals surface area contributed by atoms with Crippen molar-refractivity contribution < 1.29 is 4.74 Å². The van der Waals surface area contributed by atoms with Crippen molar-refractivity contribution in [3.05, 3.63) is 29.8 Å². The molecule has 0 aromatic heterocycles. The molecule has 0 spiro atoms. The fourth-order valence-electron chi connectivity index (χ4n) is 1.81. The largest absolute Gasteiger partial charge is 0.493 e. The van der Waals surface area contributed by atoms with Crippen LogP contribution >= 0.6 is 15.9 Å². The molecule has 0 aliphatic heterocycles. The monoisotopic (exact) mass is 282 g/mol. The molecule has 0 amide bonds. The van der Waals surface area contributed by atoms with Gasteiger partial charge in [0.25, 0.3) is 0 Å². The molecule has 0 atom stereocenters. The molecule has 88 valence electrons. The van der Waals surface area contributed by atoms with Crippen LogP contribution in [0.4, 0.5) is 0 Å². The van der Waals surface area contributed by atoms with Gasteiger partial charge in [-0.3, -0.25) is 0 Å². The normalized spacial score (nSPS) is 17.5. The fraction of sp³-hybridized carbons (Fsp3) is 0.571. The van der Waals surface area contributed by atoms with E-state index in [0.717, 1.165) is 17.7 Å². The zero-order valence-electron chi connectivity index (χ0n) is 10.0. The summed E-state index contributed by atoms with van der Waals surface area (Å²) in [6, 6.07) is 8.38. The van der Waals surface area contributed by atoms with Crippen LogP contribution in [0.25, 0.3) is 0 Å². The summed E-state index contributed by atoms with van der Waals surface area (Å²) in [5.41, 5.74) is 1.73. The van der Waals surface area contributed by atoms with Crippen LogP contribution in [-0.4, -0.2) is 11.9 Å². The van der Waals surface area contributed by atoms with Gasteiger partial charge in [-0.15, -0.1) is 0 Å². The molecule has 0 unspecified atom stereocenters. The summed E-state index contributed by atoms with van der Waals surface area (Å²) in [4.78, 5) is 0. The molecular weight excluding hydrogens is 264 g/mol. The molecule has 2 heteroatoms. The average Bonchev–Trinajstić information content (AvgIpc) is 3.07. The van der Waals surface area contributed by atoms with Crippen LogP contribution in [0.3, 0.4) is 0 Å². The number of alkyl halides is 1. The highest BCUT2D eigenvalue weighted by Crippen LogP contribution is 2.47. The van der Waals surface area contributed by atoms with Crippen molar-refractivity contribution in [2.24, 2.45) is 5.41 Å². The van der Waals surface area contributed by atoms with Crippen LogP contribution in [0.5, 0.6) is 5.75 Å². The van der Waals surface area contributed by atoms with E-state index in [2.05, 4.69) is 54.0 Å². The Bertz CT molecular complexity index is 356. The number of benzene rings is 1. The minimum absolute atomic E-state index is 0.421. The van der Waals surface area contributed by atoms with E-state index in [1.807, 2.05) is 0 Å². The molecule has 1 nitrogen and oxygen atoms in total. The molecule has 2 rings (SSSR count). The minimum Gasteiger partial charge on any atom is -0.493 e. The first-order valence-electron chi connectivity index (χ1n) is 5.95. The van der Waals surface area contributed by atoms with E-state index in [1.54, 1.807) is 0 Å². The maximum Gasteiger partial charge on any atom is 0.122 e. The van der Waals surface area contributed by atoms with E-state index in [1.165, 1.54) is 18.4 Å². The van der Waals surface area contributed by atoms with Gasteiger partial charge in [0.1, 0.15) is 5.75 Å². The molecular formula is C14H19BrO. The molecule has 1 fully saturated rings. The molecule has 1 aromatic rings. The van der Waals surface area contributed by atoms with Gasteiger partial charge in [0.05, 0.1) is 6.61 Å². The van der Waals surface area contributed by atoms with Crippen molar-refractivity contribution in [3.8, 4) is 5.75 Å². The predicted octanol–water partition coefficient (Wildman–Crippen LogP) is 4.36. The Hall–Kier alpha value is -0.500. The number of halogens is 1. The lowest BCUT2D eigenvalue weighted by molar-refractivity contribution is 0.248. The van der Waals surface area contributed by atoms with Crippen molar-refractivity contribution in [1.29, 1.82) is 0 Å². The van der Waals surface area contributed by atoms with E-state index in [0.29, 0.717) is 11.3 Å². The zero-order valence-corrected chi connectivity index (χ0v) is 11.6. The lowest BCUT2D eigenvalue weighted by Crippen LogP contribution is -2.15.